The van der Waals surface area contributed by atoms with Gasteiger partial charge in [0, 0.05) is 45.1 Å². The van der Waals surface area contributed by atoms with Gasteiger partial charge in [-0.05, 0) is 32.6 Å². The van der Waals surface area contributed by atoms with Gasteiger partial charge in [-0.2, -0.15) is 0 Å². The topological polar surface area (TPSA) is 71.8 Å². The lowest BCUT2D eigenvalue weighted by atomic mass is 9.99. The molecule has 0 radical (unpaired) electrons. The second-order valence-corrected chi connectivity index (χ2v) is 6.62. The van der Waals surface area contributed by atoms with E-state index in [1.54, 1.807) is 0 Å². The summed E-state index contributed by atoms with van der Waals surface area (Å²) in [5.41, 5.74) is 0. The van der Waals surface area contributed by atoms with Crippen LogP contribution >= 0.6 is 0 Å². The number of unbranched alkanes of at least 4 members (excludes halogenated alkanes) is 1. The third-order valence-corrected chi connectivity index (χ3v) is 4.74. The number of rotatable bonds is 7. The van der Waals surface area contributed by atoms with Crippen LogP contribution < -0.4 is 5.32 Å². The number of nitrogens with zero attached hydrogens (tertiary/aromatic N) is 4. The maximum absolute atomic E-state index is 11.9. The Morgan fingerprint density at radius 3 is 2.88 bits per heavy atom. The molecular formula is C18H31N5O2. The van der Waals surface area contributed by atoms with Gasteiger partial charge in [-0.1, -0.05) is 6.92 Å². The van der Waals surface area contributed by atoms with Gasteiger partial charge in [-0.25, -0.2) is 4.98 Å². The molecule has 0 bridgehead atoms. The molecule has 2 unspecified atom stereocenters. The molecule has 0 saturated carbocycles. The van der Waals surface area contributed by atoms with Gasteiger partial charge >= 0.3 is 5.97 Å². The Labute approximate surface area is 150 Å². The smallest absolute Gasteiger partial charge is 0.310 e. The Bertz CT molecular complexity index is 584. The molecule has 140 valence electrons. The summed E-state index contributed by atoms with van der Waals surface area (Å²) in [6.45, 7) is 10.3. The molecule has 0 amide bonds. The molecule has 1 fully saturated rings. The molecule has 7 nitrogen and oxygen atoms in total. The number of hydrogen-bond acceptors (Lipinski definition) is 4. The molecule has 2 heterocycles. The van der Waals surface area contributed by atoms with Crippen LogP contribution in [0.2, 0.25) is 0 Å². The highest BCUT2D eigenvalue weighted by molar-refractivity contribution is 5.82. The normalized spacial score (nSPS) is 20.8. The number of carbonyl (C=O) groups is 1. The van der Waals surface area contributed by atoms with E-state index in [2.05, 4.69) is 33.6 Å². The van der Waals surface area contributed by atoms with Crippen molar-refractivity contribution in [1.82, 2.24) is 19.8 Å². The first-order chi connectivity index (χ1) is 12.1. The molecular weight excluding hydrogens is 318 g/mol. The summed E-state index contributed by atoms with van der Waals surface area (Å²) in [4.78, 5) is 23.0. The minimum absolute atomic E-state index is 0.0712. The third kappa shape index (κ3) is 5.21. The van der Waals surface area contributed by atoms with Crippen molar-refractivity contribution in [1.29, 1.82) is 0 Å². The third-order valence-electron chi connectivity index (χ3n) is 4.74. The zero-order valence-electron chi connectivity index (χ0n) is 15.9. The largest absolute Gasteiger partial charge is 0.469 e. The van der Waals surface area contributed by atoms with Crippen molar-refractivity contribution in [2.45, 2.75) is 40.2 Å². The lowest BCUT2D eigenvalue weighted by Gasteiger charge is -2.21. The summed E-state index contributed by atoms with van der Waals surface area (Å²) in [6, 6.07) is 0. The summed E-state index contributed by atoms with van der Waals surface area (Å²) in [5.74, 6) is 2.04. The lowest BCUT2D eigenvalue weighted by Crippen LogP contribution is -2.40. The molecule has 25 heavy (non-hydrogen) atoms. The molecule has 1 aromatic rings. The first kappa shape index (κ1) is 19.3. The zero-order chi connectivity index (χ0) is 18.2. The molecule has 2 rings (SSSR count). The van der Waals surface area contributed by atoms with E-state index in [1.165, 1.54) is 7.11 Å². The summed E-state index contributed by atoms with van der Waals surface area (Å²) in [5, 5.41) is 3.34. The summed E-state index contributed by atoms with van der Waals surface area (Å²) < 4.78 is 7.08. The van der Waals surface area contributed by atoms with Crippen LogP contribution in [-0.4, -0.2) is 59.7 Å². The van der Waals surface area contributed by atoms with E-state index in [4.69, 9.17) is 9.73 Å². The molecule has 0 spiro atoms. The standard InChI is InChI=1S/C18H31N5O2/c1-5-19-18(23-12-14(2)16(13-23)17(24)25-4)21-8-6-7-10-22-11-9-20-15(22)3/h9,11,14,16H,5-8,10,12-13H2,1-4H3,(H,19,21). The highest BCUT2D eigenvalue weighted by atomic mass is 16.5. The Hall–Kier alpha value is -2.05. The molecule has 1 aliphatic heterocycles. The maximum Gasteiger partial charge on any atom is 0.310 e. The molecule has 1 saturated heterocycles. The second-order valence-electron chi connectivity index (χ2n) is 6.62. The highest BCUT2D eigenvalue weighted by Gasteiger charge is 2.36. The summed E-state index contributed by atoms with van der Waals surface area (Å²) in [6.07, 6.45) is 5.95. The minimum Gasteiger partial charge on any atom is -0.469 e. The maximum atomic E-state index is 11.9. The minimum atomic E-state index is -0.124. The van der Waals surface area contributed by atoms with Gasteiger partial charge in [-0.3, -0.25) is 9.79 Å². The number of likely N-dealkylation sites (tertiary alicyclic amines) is 1. The lowest BCUT2D eigenvalue weighted by molar-refractivity contribution is -0.145. The van der Waals surface area contributed by atoms with Gasteiger partial charge in [0.1, 0.15) is 5.82 Å². The number of imidazole rings is 1. The van der Waals surface area contributed by atoms with Gasteiger partial charge in [0.15, 0.2) is 5.96 Å². The first-order valence-corrected chi connectivity index (χ1v) is 9.15. The number of ether oxygens (including phenoxy) is 1. The van der Waals surface area contributed by atoms with Crippen molar-refractivity contribution < 1.29 is 9.53 Å². The van der Waals surface area contributed by atoms with Crippen molar-refractivity contribution in [3.05, 3.63) is 18.2 Å². The quantitative estimate of drug-likeness (QED) is 0.351. The van der Waals surface area contributed by atoms with Gasteiger partial charge in [0.25, 0.3) is 0 Å². The van der Waals surface area contributed by atoms with E-state index in [0.29, 0.717) is 6.54 Å². The first-order valence-electron chi connectivity index (χ1n) is 9.15. The number of esters is 1. The molecule has 2 atom stereocenters. The molecule has 1 aromatic heterocycles. The molecule has 7 heteroatoms. The van der Waals surface area contributed by atoms with Crippen LogP contribution in [0.5, 0.6) is 0 Å². The van der Waals surface area contributed by atoms with E-state index in [-0.39, 0.29) is 17.8 Å². The van der Waals surface area contributed by atoms with E-state index < -0.39 is 0 Å². The van der Waals surface area contributed by atoms with E-state index >= 15 is 0 Å². The van der Waals surface area contributed by atoms with Crippen molar-refractivity contribution >= 4 is 11.9 Å². The van der Waals surface area contributed by atoms with E-state index in [9.17, 15) is 4.79 Å². The summed E-state index contributed by atoms with van der Waals surface area (Å²) in [7, 11) is 1.46. The number of methoxy groups -OCH3 is 1. The van der Waals surface area contributed by atoms with Crippen molar-refractivity contribution in [2.75, 3.05) is 33.3 Å². The molecule has 1 aliphatic rings. The average molecular weight is 349 g/mol. The fraction of sp³-hybridized carbons (Fsp3) is 0.722. The molecule has 0 aliphatic carbocycles. The van der Waals surface area contributed by atoms with Crippen LogP contribution in [0.25, 0.3) is 0 Å². The fourth-order valence-corrected chi connectivity index (χ4v) is 3.24. The number of aromatic nitrogens is 2. The van der Waals surface area contributed by atoms with Gasteiger partial charge < -0.3 is 19.5 Å². The number of nitrogens with one attached hydrogen (secondary N) is 1. The van der Waals surface area contributed by atoms with Crippen molar-refractivity contribution in [2.24, 2.45) is 16.8 Å². The van der Waals surface area contributed by atoms with Crippen LogP contribution in [0, 0.1) is 18.8 Å². The fourth-order valence-electron chi connectivity index (χ4n) is 3.24. The van der Waals surface area contributed by atoms with Gasteiger partial charge in [-0.15, -0.1) is 0 Å². The van der Waals surface area contributed by atoms with E-state index in [1.807, 2.05) is 19.3 Å². The SMILES string of the molecule is CCNC(=NCCCCn1ccnc1C)N1CC(C)C(C(=O)OC)C1. The highest BCUT2D eigenvalue weighted by Crippen LogP contribution is 2.24. The number of carbonyl (C=O) groups excluding carboxylic acids is 1. The van der Waals surface area contributed by atoms with Crippen LogP contribution in [0.15, 0.2) is 17.4 Å². The van der Waals surface area contributed by atoms with Crippen LogP contribution in [-0.2, 0) is 16.1 Å². The van der Waals surface area contributed by atoms with Crippen molar-refractivity contribution in [3.63, 3.8) is 0 Å². The predicted octanol–water partition coefficient (Wildman–Crippen LogP) is 1.68. The Morgan fingerprint density at radius 2 is 2.24 bits per heavy atom. The zero-order valence-corrected chi connectivity index (χ0v) is 15.9. The molecule has 1 N–H and O–H groups in total. The predicted molar refractivity (Wildman–Crippen MR) is 98.4 cm³/mol. The Morgan fingerprint density at radius 1 is 1.44 bits per heavy atom. The van der Waals surface area contributed by atoms with Gasteiger partial charge in [0.05, 0.1) is 13.0 Å². The van der Waals surface area contributed by atoms with Crippen LogP contribution in [0.3, 0.4) is 0 Å². The number of aliphatic imine (C=N–C) groups is 1. The molecule has 0 aromatic carbocycles. The summed E-state index contributed by atoms with van der Waals surface area (Å²) >= 11 is 0. The van der Waals surface area contributed by atoms with Crippen LogP contribution in [0.4, 0.5) is 0 Å². The monoisotopic (exact) mass is 349 g/mol. The van der Waals surface area contributed by atoms with Crippen molar-refractivity contribution in [3.8, 4) is 0 Å². The number of aryl methyl sites for hydroxylation is 2. The average Bonchev–Trinajstić information content (AvgIpc) is 3.18. The Kier molecular flexibility index (Phi) is 7.28. The second kappa shape index (κ2) is 9.44. The number of hydrogen-bond donors (Lipinski definition) is 1. The Balaban J connectivity index is 1.84. The van der Waals surface area contributed by atoms with Crippen LogP contribution in [0.1, 0.15) is 32.5 Å². The number of guanidine groups is 1. The van der Waals surface area contributed by atoms with Gasteiger partial charge in [0.2, 0.25) is 0 Å². The van der Waals surface area contributed by atoms with E-state index in [0.717, 1.165) is 50.8 Å².